The van der Waals surface area contributed by atoms with Crippen molar-refractivity contribution in [3.63, 3.8) is 0 Å². The van der Waals surface area contributed by atoms with Crippen LogP contribution in [0.3, 0.4) is 0 Å². The van der Waals surface area contributed by atoms with Crippen molar-refractivity contribution in [1.29, 1.82) is 0 Å². The molecule has 1 aliphatic heterocycles. The second kappa shape index (κ2) is 8.31. The van der Waals surface area contributed by atoms with E-state index < -0.39 is 0 Å². The van der Waals surface area contributed by atoms with Crippen LogP contribution in [0.2, 0.25) is 5.02 Å². The molecule has 1 aliphatic rings. The molecule has 0 aromatic heterocycles. The molecule has 1 unspecified atom stereocenters. The van der Waals surface area contributed by atoms with Crippen LogP contribution in [-0.4, -0.2) is 17.5 Å². The third-order valence-electron chi connectivity index (χ3n) is 5.22. The maximum absolute atomic E-state index is 13.7. The van der Waals surface area contributed by atoms with Gasteiger partial charge >= 0.3 is 0 Å². The predicted molar refractivity (Wildman–Crippen MR) is 102 cm³/mol. The monoisotopic (exact) mass is 360 g/mol. The molecular weight excluding hydrogens is 335 g/mol. The third kappa shape index (κ3) is 4.22. The second-order valence-electron chi connectivity index (χ2n) is 6.89. The highest BCUT2D eigenvalue weighted by Gasteiger charge is 2.38. The fourth-order valence-electron chi connectivity index (χ4n) is 3.77. The van der Waals surface area contributed by atoms with Crippen molar-refractivity contribution in [2.24, 2.45) is 5.73 Å². The van der Waals surface area contributed by atoms with Gasteiger partial charge < -0.3 is 5.73 Å². The molecule has 4 heteroatoms. The Morgan fingerprint density at radius 2 is 1.96 bits per heavy atom. The fraction of sp³-hybridized carbons (Fsp3) is 0.429. The van der Waals surface area contributed by atoms with E-state index in [1.807, 2.05) is 30.3 Å². The molecule has 2 aromatic rings. The van der Waals surface area contributed by atoms with Gasteiger partial charge in [-0.05, 0) is 48.2 Å². The van der Waals surface area contributed by atoms with Crippen LogP contribution in [-0.2, 0) is 0 Å². The molecule has 0 amide bonds. The van der Waals surface area contributed by atoms with Gasteiger partial charge in [-0.3, -0.25) is 4.90 Å². The van der Waals surface area contributed by atoms with Crippen LogP contribution in [0, 0.1) is 5.82 Å². The molecule has 25 heavy (non-hydrogen) atoms. The number of nitrogens with zero attached hydrogens (tertiary/aromatic N) is 1. The Kier molecular flexibility index (Phi) is 6.10. The van der Waals surface area contributed by atoms with Gasteiger partial charge in [0.25, 0.3) is 0 Å². The minimum Gasteiger partial charge on any atom is -0.323 e. The van der Waals surface area contributed by atoms with Crippen LogP contribution >= 0.6 is 11.6 Å². The molecule has 2 nitrogen and oxygen atoms in total. The van der Waals surface area contributed by atoms with E-state index in [1.54, 1.807) is 12.1 Å². The summed E-state index contributed by atoms with van der Waals surface area (Å²) < 4.78 is 13.7. The number of hydrogen-bond donors (Lipinski definition) is 1. The molecule has 0 bridgehead atoms. The quantitative estimate of drug-likeness (QED) is 0.707. The van der Waals surface area contributed by atoms with E-state index in [9.17, 15) is 4.39 Å². The Bertz CT molecular complexity index is 706. The lowest BCUT2D eigenvalue weighted by Crippen LogP contribution is -2.54. The second-order valence-corrected chi connectivity index (χ2v) is 7.32. The Morgan fingerprint density at radius 3 is 2.60 bits per heavy atom. The summed E-state index contributed by atoms with van der Waals surface area (Å²) in [7, 11) is 0. The predicted octanol–water partition coefficient (Wildman–Crippen LogP) is 5.48. The van der Waals surface area contributed by atoms with Crippen molar-refractivity contribution in [2.45, 2.75) is 50.7 Å². The molecule has 0 radical (unpaired) electrons. The Hall–Kier alpha value is -1.42. The molecule has 0 saturated carbocycles. The SMILES string of the molecule is CCCCC(c1cccc(F)c1)N1CC[C@H]1[C@H](N)c1cccc(Cl)c1. The van der Waals surface area contributed by atoms with Gasteiger partial charge in [0.15, 0.2) is 0 Å². The minimum absolute atomic E-state index is 0.0786. The van der Waals surface area contributed by atoms with E-state index in [0.29, 0.717) is 5.02 Å². The van der Waals surface area contributed by atoms with Gasteiger partial charge in [-0.15, -0.1) is 0 Å². The summed E-state index contributed by atoms with van der Waals surface area (Å²) in [4.78, 5) is 2.44. The molecule has 3 atom stereocenters. The van der Waals surface area contributed by atoms with E-state index in [-0.39, 0.29) is 23.9 Å². The summed E-state index contributed by atoms with van der Waals surface area (Å²) >= 11 is 6.12. The smallest absolute Gasteiger partial charge is 0.123 e. The minimum atomic E-state index is -0.171. The lowest BCUT2D eigenvalue weighted by molar-refractivity contribution is 0.0188. The Balaban J connectivity index is 1.81. The first-order valence-electron chi connectivity index (χ1n) is 9.12. The molecule has 1 fully saturated rings. The molecule has 3 rings (SSSR count). The Labute approximate surface area is 154 Å². The van der Waals surface area contributed by atoms with Crippen LogP contribution in [0.4, 0.5) is 4.39 Å². The largest absolute Gasteiger partial charge is 0.323 e. The lowest BCUT2D eigenvalue weighted by Gasteiger charge is -2.49. The molecule has 0 spiro atoms. The van der Waals surface area contributed by atoms with Crippen molar-refractivity contribution >= 4 is 11.6 Å². The summed E-state index contributed by atoms with van der Waals surface area (Å²) in [5.41, 5.74) is 8.68. The molecule has 1 heterocycles. The molecule has 2 aromatic carbocycles. The first-order valence-corrected chi connectivity index (χ1v) is 9.50. The van der Waals surface area contributed by atoms with Crippen molar-refractivity contribution in [1.82, 2.24) is 4.90 Å². The molecular formula is C21H26ClFN2. The van der Waals surface area contributed by atoms with E-state index in [0.717, 1.165) is 43.4 Å². The molecule has 1 saturated heterocycles. The zero-order valence-corrected chi connectivity index (χ0v) is 15.4. The third-order valence-corrected chi connectivity index (χ3v) is 5.46. The van der Waals surface area contributed by atoms with E-state index in [1.165, 1.54) is 6.07 Å². The lowest BCUT2D eigenvalue weighted by atomic mass is 9.86. The van der Waals surface area contributed by atoms with Crippen molar-refractivity contribution in [2.75, 3.05) is 6.54 Å². The summed E-state index contributed by atoms with van der Waals surface area (Å²) in [5, 5.41) is 0.714. The van der Waals surface area contributed by atoms with E-state index in [2.05, 4.69) is 11.8 Å². The van der Waals surface area contributed by atoms with Crippen molar-refractivity contribution < 1.29 is 4.39 Å². The van der Waals surface area contributed by atoms with Crippen LogP contribution in [0.15, 0.2) is 48.5 Å². The number of nitrogens with two attached hydrogens (primary N) is 1. The summed E-state index contributed by atoms with van der Waals surface area (Å²) in [6.45, 7) is 3.19. The van der Waals surface area contributed by atoms with Crippen LogP contribution < -0.4 is 5.73 Å². The zero-order chi connectivity index (χ0) is 17.8. The van der Waals surface area contributed by atoms with E-state index >= 15 is 0 Å². The van der Waals surface area contributed by atoms with Gasteiger partial charge in [0.1, 0.15) is 5.82 Å². The first kappa shape index (κ1) is 18.4. The first-order chi connectivity index (χ1) is 12.1. The summed E-state index contributed by atoms with van der Waals surface area (Å²) in [6, 6.07) is 15.2. The van der Waals surface area contributed by atoms with Gasteiger partial charge in [0.05, 0.1) is 0 Å². The normalized spacial score (nSPS) is 20.1. The molecule has 0 aliphatic carbocycles. The van der Waals surface area contributed by atoms with Crippen LogP contribution in [0.25, 0.3) is 0 Å². The summed E-state index contributed by atoms with van der Waals surface area (Å²) in [5.74, 6) is -0.171. The summed E-state index contributed by atoms with van der Waals surface area (Å²) in [6.07, 6.45) is 4.34. The highest BCUT2D eigenvalue weighted by atomic mass is 35.5. The highest BCUT2D eigenvalue weighted by Crippen LogP contribution is 2.39. The Morgan fingerprint density at radius 1 is 1.20 bits per heavy atom. The fourth-order valence-corrected chi connectivity index (χ4v) is 3.97. The van der Waals surface area contributed by atoms with Gasteiger partial charge in [-0.25, -0.2) is 4.39 Å². The van der Waals surface area contributed by atoms with Crippen molar-refractivity contribution in [3.05, 3.63) is 70.5 Å². The zero-order valence-electron chi connectivity index (χ0n) is 14.7. The average molecular weight is 361 g/mol. The number of likely N-dealkylation sites (tertiary alicyclic amines) is 1. The maximum atomic E-state index is 13.7. The number of hydrogen-bond acceptors (Lipinski definition) is 2. The highest BCUT2D eigenvalue weighted by molar-refractivity contribution is 6.30. The van der Waals surface area contributed by atoms with Gasteiger partial charge in [0, 0.05) is 29.7 Å². The standard InChI is InChI=1S/C21H26ClFN2/c1-2-3-10-19(15-6-5-9-18(23)14-15)25-12-11-20(25)21(24)16-7-4-8-17(22)13-16/h4-9,13-14,19-21H,2-3,10-12,24H2,1H3/t19?,20-,21+/m0/s1. The van der Waals surface area contributed by atoms with Gasteiger partial charge in [-0.2, -0.15) is 0 Å². The number of rotatable bonds is 7. The number of halogens is 2. The average Bonchev–Trinajstić information content (AvgIpc) is 2.57. The topological polar surface area (TPSA) is 29.3 Å². The van der Waals surface area contributed by atoms with Gasteiger partial charge in [-0.1, -0.05) is 55.6 Å². The number of unbranched alkanes of at least 4 members (excludes halogenated alkanes) is 1. The van der Waals surface area contributed by atoms with Gasteiger partial charge in [0.2, 0.25) is 0 Å². The maximum Gasteiger partial charge on any atom is 0.123 e. The molecule has 134 valence electrons. The number of benzene rings is 2. The molecule has 2 N–H and O–H groups in total. The van der Waals surface area contributed by atoms with E-state index in [4.69, 9.17) is 17.3 Å². The van der Waals surface area contributed by atoms with Crippen LogP contribution in [0.1, 0.15) is 55.8 Å². The van der Waals surface area contributed by atoms with Crippen molar-refractivity contribution in [3.8, 4) is 0 Å². The van der Waals surface area contributed by atoms with Crippen LogP contribution in [0.5, 0.6) is 0 Å².